The predicted molar refractivity (Wildman–Crippen MR) is 164 cm³/mol. The quantitative estimate of drug-likeness (QED) is 0.127. The normalized spacial score (nSPS) is 16.6. The average Bonchev–Trinajstić information content (AvgIpc) is 3.75. The summed E-state index contributed by atoms with van der Waals surface area (Å²) in [5.41, 5.74) is 4.13. The lowest BCUT2D eigenvalue weighted by Gasteiger charge is -2.22. The summed E-state index contributed by atoms with van der Waals surface area (Å²) in [4.78, 5) is 16.0. The maximum atomic E-state index is 9.69. The lowest BCUT2D eigenvalue weighted by molar-refractivity contribution is 0.0899. The van der Waals surface area contributed by atoms with Gasteiger partial charge in [0.2, 0.25) is 0 Å². The Morgan fingerprint density at radius 3 is 2.93 bits per heavy atom. The number of oxazole rings is 1. The van der Waals surface area contributed by atoms with Crippen molar-refractivity contribution in [2.24, 2.45) is 5.92 Å². The summed E-state index contributed by atoms with van der Waals surface area (Å²) >= 11 is 3.55. The summed E-state index contributed by atoms with van der Waals surface area (Å²) in [5.74, 6) is 0.223. The largest absolute Gasteiger partial charge is 0.422 e. The molecule has 6 rings (SSSR count). The minimum atomic E-state index is -1.14. The Morgan fingerprint density at radius 2 is 2.12 bits per heavy atom. The second kappa shape index (κ2) is 11.4. The van der Waals surface area contributed by atoms with Crippen molar-refractivity contribution in [3.63, 3.8) is 0 Å². The van der Waals surface area contributed by atoms with Gasteiger partial charge in [0.05, 0.1) is 34.9 Å². The molecule has 12 heteroatoms. The maximum Gasteiger partial charge on any atom is 0.298 e. The zero-order valence-electron chi connectivity index (χ0n) is 23.5. The first kappa shape index (κ1) is 27.6. The van der Waals surface area contributed by atoms with Crippen LogP contribution < -0.4 is 4.90 Å². The Bertz CT molecular complexity index is 1720. The third-order valence-electron chi connectivity index (χ3n) is 7.69. The Kier molecular flexibility index (Phi) is 7.67. The van der Waals surface area contributed by atoms with Crippen LogP contribution in [0.4, 0.5) is 6.01 Å². The summed E-state index contributed by atoms with van der Waals surface area (Å²) in [6.07, 6.45) is 8.71. The fourth-order valence-corrected chi connectivity index (χ4v) is 6.60. The molecule has 2 unspecified atom stereocenters. The van der Waals surface area contributed by atoms with Gasteiger partial charge < -0.3 is 18.6 Å². The number of aromatic nitrogens is 6. The van der Waals surface area contributed by atoms with E-state index in [1.807, 2.05) is 52.1 Å². The Morgan fingerprint density at radius 1 is 1.24 bits per heavy atom. The molecular formula is C29H33BrN8O2Si. The van der Waals surface area contributed by atoms with Gasteiger partial charge >= 0.3 is 0 Å². The van der Waals surface area contributed by atoms with Crippen molar-refractivity contribution in [3.05, 3.63) is 53.7 Å². The van der Waals surface area contributed by atoms with E-state index in [0.29, 0.717) is 19.2 Å². The molecule has 1 aliphatic rings. The number of rotatable bonds is 10. The summed E-state index contributed by atoms with van der Waals surface area (Å²) in [5, 5.41) is 15.4. The van der Waals surface area contributed by atoms with Crippen molar-refractivity contribution >= 4 is 52.2 Å². The van der Waals surface area contributed by atoms with Crippen LogP contribution in [0.1, 0.15) is 18.9 Å². The predicted octanol–water partition coefficient (Wildman–Crippen LogP) is 6.49. The number of nitriles is 1. The third kappa shape index (κ3) is 5.79. The third-order valence-corrected chi connectivity index (χ3v) is 10.0. The molecule has 5 heterocycles. The lowest BCUT2D eigenvalue weighted by atomic mass is 9.96. The average molecular weight is 634 g/mol. The van der Waals surface area contributed by atoms with Crippen molar-refractivity contribution in [2.45, 2.75) is 51.3 Å². The molecule has 1 saturated heterocycles. The van der Waals surface area contributed by atoms with E-state index in [9.17, 15) is 5.26 Å². The van der Waals surface area contributed by atoms with Crippen LogP contribution in [-0.2, 0) is 11.5 Å². The molecule has 41 heavy (non-hydrogen) atoms. The highest BCUT2D eigenvalue weighted by molar-refractivity contribution is 9.10. The molecule has 0 spiro atoms. The van der Waals surface area contributed by atoms with Crippen LogP contribution in [0.25, 0.3) is 33.4 Å². The number of nitrogens with zero attached hydrogens (tertiary/aromatic N) is 8. The standard InChI is InChI=1S/C29H33BrN8O2Si/c1-41(2,3)14-13-39-19-37-12-9-22-26(32-18-33-28(22)37)21-15-34-38(17-21)25(7-10-31)20-8-11-36(16-20)29-35-24-6-4-5-23(30)27(24)40-29/h4-6,9,12,15,17-18,20,25H,7-8,11,13-14,16,19H2,1-3H3. The first-order valence-electron chi connectivity index (χ1n) is 13.9. The van der Waals surface area contributed by atoms with Gasteiger partial charge in [-0.15, -0.1) is 0 Å². The molecule has 212 valence electrons. The van der Waals surface area contributed by atoms with Crippen LogP contribution in [0.3, 0.4) is 0 Å². The van der Waals surface area contributed by atoms with Gasteiger partial charge in [-0.1, -0.05) is 25.7 Å². The van der Waals surface area contributed by atoms with E-state index in [1.54, 1.807) is 6.33 Å². The molecular weight excluding hydrogens is 600 g/mol. The first-order valence-corrected chi connectivity index (χ1v) is 18.4. The smallest absolute Gasteiger partial charge is 0.298 e. The fraction of sp³-hybridized carbons (Fsp3) is 0.414. The van der Waals surface area contributed by atoms with Crippen molar-refractivity contribution < 1.29 is 9.15 Å². The molecule has 10 nitrogen and oxygen atoms in total. The Balaban J connectivity index is 1.19. The monoisotopic (exact) mass is 632 g/mol. The maximum absolute atomic E-state index is 9.69. The number of anilines is 1. The number of para-hydroxylation sites is 1. The number of hydrogen-bond donors (Lipinski definition) is 0. The van der Waals surface area contributed by atoms with Crippen LogP contribution in [0, 0.1) is 17.2 Å². The summed E-state index contributed by atoms with van der Waals surface area (Å²) in [7, 11) is -1.14. The van der Waals surface area contributed by atoms with Gasteiger partial charge in [0.25, 0.3) is 6.01 Å². The van der Waals surface area contributed by atoms with Gasteiger partial charge in [-0.3, -0.25) is 4.68 Å². The summed E-state index contributed by atoms with van der Waals surface area (Å²) in [6, 6.07) is 11.9. The minimum absolute atomic E-state index is 0.0726. The SMILES string of the molecule is C[Si](C)(C)CCOCn1ccc2c(-c3cnn(C(CC#N)C4CCN(c5nc6cccc(Br)c6o5)C4)c3)ncnc21. The van der Waals surface area contributed by atoms with Crippen LogP contribution in [0.2, 0.25) is 25.7 Å². The summed E-state index contributed by atoms with van der Waals surface area (Å²) < 4.78 is 16.9. The molecule has 0 saturated carbocycles. The van der Waals surface area contributed by atoms with Crippen molar-refractivity contribution in [3.8, 4) is 17.3 Å². The number of fused-ring (bicyclic) bond motifs is 2. The second-order valence-corrected chi connectivity index (χ2v) is 18.3. The van der Waals surface area contributed by atoms with Crippen LogP contribution in [0.15, 0.2) is 58.1 Å². The van der Waals surface area contributed by atoms with Gasteiger partial charge in [-0.05, 0) is 46.6 Å². The van der Waals surface area contributed by atoms with Gasteiger partial charge in [-0.2, -0.15) is 15.3 Å². The summed E-state index contributed by atoms with van der Waals surface area (Å²) in [6.45, 7) is 9.81. The van der Waals surface area contributed by atoms with Gasteiger partial charge in [0.15, 0.2) is 5.58 Å². The second-order valence-electron chi connectivity index (χ2n) is 11.8. The highest BCUT2D eigenvalue weighted by Crippen LogP contribution is 2.36. The topological polar surface area (TPSA) is 111 Å². The molecule has 1 fully saturated rings. The lowest BCUT2D eigenvalue weighted by Crippen LogP contribution is -2.25. The molecule has 1 aliphatic heterocycles. The molecule has 1 aromatic carbocycles. The van der Waals surface area contributed by atoms with E-state index in [1.165, 1.54) is 0 Å². The number of benzene rings is 1. The first-order chi connectivity index (χ1) is 19.8. The minimum Gasteiger partial charge on any atom is -0.422 e. The van der Waals surface area contributed by atoms with Gasteiger partial charge in [-0.25, -0.2) is 9.97 Å². The molecule has 0 N–H and O–H groups in total. The molecule has 0 amide bonds. The Hall–Kier alpha value is -3.53. The van der Waals surface area contributed by atoms with Crippen LogP contribution in [0.5, 0.6) is 0 Å². The number of hydrogen-bond acceptors (Lipinski definition) is 8. The van der Waals surface area contributed by atoms with Crippen LogP contribution >= 0.6 is 15.9 Å². The number of ether oxygens (including phenoxy) is 1. The number of halogens is 1. The van der Waals surface area contributed by atoms with Crippen molar-refractivity contribution in [2.75, 3.05) is 24.6 Å². The molecule has 5 aromatic rings. The highest BCUT2D eigenvalue weighted by atomic mass is 79.9. The zero-order valence-corrected chi connectivity index (χ0v) is 26.1. The van der Waals surface area contributed by atoms with E-state index < -0.39 is 8.07 Å². The fourth-order valence-electron chi connectivity index (χ4n) is 5.40. The molecule has 0 bridgehead atoms. The van der Waals surface area contributed by atoms with E-state index in [2.05, 4.69) is 56.5 Å². The molecule has 2 atom stereocenters. The van der Waals surface area contributed by atoms with Gasteiger partial charge in [0, 0.05) is 57.0 Å². The zero-order chi connectivity index (χ0) is 28.6. The molecule has 0 aliphatic carbocycles. The van der Waals surface area contributed by atoms with E-state index in [4.69, 9.17) is 19.2 Å². The van der Waals surface area contributed by atoms with Crippen molar-refractivity contribution in [1.29, 1.82) is 5.26 Å². The van der Waals surface area contributed by atoms with E-state index in [0.717, 1.165) is 70.0 Å². The van der Waals surface area contributed by atoms with E-state index in [-0.39, 0.29) is 12.0 Å². The molecule has 0 radical (unpaired) electrons. The molecule has 4 aromatic heterocycles. The van der Waals surface area contributed by atoms with Crippen LogP contribution in [-0.4, -0.2) is 57.1 Å². The van der Waals surface area contributed by atoms with Gasteiger partial charge in [0.1, 0.15) is 24.2 Å². The van der Waals surface area contributed by atoms with Crippen molar-refractivity contribution in [1.82, 2.24) is 29.3 Å². The Labute approximate surface area is 248 Å². The highest BCUT2D eigenvalue weighted by Gasteiger charge is 2.33. The van der Waals surface area contributed by atoms with E-state index >= 15 is 0 Å².